The molecule has 2 aromatic rings. The number of hydrogen-bond donors (Lipinski definition) is 1. The summed E-state index contributed by atoms with van der Waals surface area (Å²) in [5.41, 5.74) is 0.315. The summed E-state index contributed by atoms with van der Waals surface area (Å²) in [6, 6.07) is 8.37. The Morgan fingerprint density at radius 1 is 1.10 bits per heavy atom. The molecule has 0 unspecified atom stereocenters. The molecule has 9 heteroatoms. The lowest BCUT2D eigenvalue weighted by molar-refractivity contribution is 0.0932. The van der Waals surface area contributed by atoms with Crippen molar-refractivity contribution < 1.29 is 17.6 Å². The molecule has 2 aliphatic rings. The maximum atomic E-state index is 13.0. The maximum absolute atomic E-state index is 13.0. The Labute approximate surface area is 185 Å². The Hall–Kier alpha value is -1.68. The number of nitrogens with zero attached hydrogens (tertiary/aromatic N) is 2. The van der Waals surface area contributed by atoms with Gasteiger partial charge in [-0.25, -0.2) is 8.42 Å². The van der Waals surface area contributed by atoms with Gasteiger partial charge >= 0.3 is 0 Å². The minimum absolute atomic E-state index is 0.0401. The predicted octanol–water partition coefficient (Wildman–Crippen LogP) is 3.39. The Balaban J connectivity index is 1.51. The fraction of sp³-hybridized carbons (Fsp3) is 0.476. The van der Waals surface area contributed by atoms with E-state index in [2.05, 4.69) is 26.1 Å². The molecule has 1 aromatic carbocycles. The van der Waals surface area contributed by atoms with Crippen LogP contribution in [-0.2, 0) is 10.0 Å². The van der Waals surface area contributed by atoms with Crippen LogP contribution < -0.4 is 5.32 Å². The van der Waals surface area contributed by atoms with Crippen LogP contribution in [0.25, 0.3) is 0 Å². The highest BCUT2D eigenvalue weighted by Crippen LogP contribution is 2.27. The standard InChI is InChI=1S/C21H26BrN3O4S/c22-18-8-7-16(30(27,28)25-11-3-4-12-25)14-17(18)21(26)23-15-19(20-6-5-13-29-20)24-9-1-2-10-24/h5-8,13-14,19H,1-4,9-12,15H2,(H,23,26)/t19-/m0/s1. The summed E-state index contributed by atoms with van der Waals surface area (Å²) in [6.07, 6.45) is 5.64. The van der Waals surface area contributed by atoms with Crippen molar-refractivity contribution in [3.05, 3.63) is 52.4 Å². The normalized spacial score (nSPS) is 19.2. The van der Waals surface area contributed by atoms with Crippen LogP contribution in [0.5, 0.6) is 0 Å². The Kier molecular flexibility index (Phi) is 6.62. The van der Waals surface area contributed by atoms with Gasteiger partial charge in [-0.15, -0.1) is 0 Å². The number of carbonyl (C=O) groups excluding carboxylic acids is 1. The fourth-order valence-corrected chi connectivity index (χ4v) is 6.12. The van der Waals surface area contributed by atoms with Crippen LogP contribution >= 0.6 is 15.9 Å². The van der Waals surface area contributed by atoms with E-state index in [-0.39, 0.29) is 16.8 Å². The summed E-state index contributed by atoms with van der Waals surface area (Å²) in [7, 11) is -3.58. The van der Waals surface area contributed by atoms with E-state index in [1.54, 1.807) is 18.4 Å². The van der Waals surface area contributed by atoms with E-state index in [4.69, 9.17) is 4.42 Å². The third-order valence-electron chi connectivity index (χ3n) is 5.79. The Morgan fingerprint density at radius 2 is 1.80 bits per heavy atom. The van der Waals surface area contributed by atoms with Crippen LogP contribution in [0.15, 0.2) is 50.4 Å². The molecule has 1 N–H and O–H groups in total. The lowest BCUT2D eigenvalue weighted by atomic mass is 10.1. The van der Waals surface area contributed by atoms with E-state index >= 15 is 0 Å². The molecule has 2 aliphatic heterocycles. The number of nitrogens with one attached hydrogen (secondary N) is 1. The van der Waals surface area contributed by atoms with Crippen molar-refractivity contribution in [3.8, 4) is 0 Å². The molecule has 7 nitrogen and oxygen atoms in total. The summed E-state index contributed by atoms with van der Waals surface area (Å²) in [5, 5.41) is 2.97. The molecule has 4 rings (SSSR count). The molecule has 0 spiro atoms. The van der Waals surface area contributed by atoms with Crippen LogP contribution in [0.2, 0.25) is 0 Å². The SMILES string of the molecule is O=C(NC[C@@H](c1ccco1)N1CCCC1)c1cc(S(=O)(=O)N2CCCC2)ccc1Br. The van der Waals surface area contributed by atoms with Crippen molar-refractivity contribution >= 4 is 31.9 Å². The lowest BCUT2D eigenvalue weighted by Gasteiger charge is -2.26. The lowest BCUT2D eigenvalue weighted by Crippen LogP contribution is -2.36. The van der Waals surface area contributed by atoms with Crippen LogP contribution in [0.3, 0.4) is 0 Å². The average Bonchev–Trinajstić information content (AvgIpc) is 3.51. The van der Waals surface area contributed by atoms with Gasteiger partial charge in [-0.3, -0.25) is 9.69 Å². The third-order valence-corrected chi connectivity index (χ3v) is 8.38. The van der Waals surface area contributed by atoms with Crippen LogP contribution in [0.4, 0.5) is 0 Å². The molecule has 1 atom stereocenters. The molecule has 0 radical (unpaired) electrons. The average molecular weight is 496 g/mol. The zero-order valence-electron chi connectivity index (χ0n) is 16.7. The second-order valence-electron chi connectivity index (χ2n) is 7.74. The molecular weight excluding hydrogens is 470 g/mol. The highest BCUT2D eigenvalue weighted by molar-refractivity contribution is 9.10. The van der Waals surface area contributed by atoms with Crippen molar-refractivity contribution in [2.24, 2.45) is 0 Å². The minimum atomic E-state index is -3.58. The van der Waals surface area contributed by atoms with Gasteiger partial charge in [-0.05, 0) is 85.0 Å². The molecule has 30 heavy (non-hydrogen) atoms. The topological polar surface area (TPSA) is 82.9 Å². The van der Waals surface area contributed by atoms with Gasteiger partial charge in [0.25, 0.3) is 5.91 Å². The van der Waals surface area contributed by atoms with Crippen LogP contribution in [-0.4, -0.2) is 56.3 Å². The number of amides is 1. The highest BCUT2D eigenvalue weighted by atomic mass is 79.9. The first-order valence-corrected chi connectivity index (χ1v) is 12.6. The van der Waals surface area contributed by atoms with Gasteiger partial charge < -0.3 is 9.73 Å². The molecule has 0 bridgehead atoms. The predicted molar refractivity (Wildman–Crippen MR) is 117 cm³/mol. The monoisotopic (exact) mass is 495 g/mol. The summed E-state index contributed by atoms with van der Waals surface area (Å²) in [4.78, 5) is 15.4. The number of furan rings is 1. The number of halogens is 1. The van der Waals surface area contributed by atoms with Gasteiger partial charge in [0.2, 0.25) is 10.0 Å². The van der Waals surface area contributed by atoms with Gasteiger partial charge in [-0.2, -0.15) is 4.31 Å². The van der Waals surface area contributed by atoms with Crippen LogP contribution in [0.1, 0.15) is 47.8 Å². The molecule has 1 amide bonds. The smallest absolute Gasteiger partial charge is 0.252 e. The molecule has 162 valence electrons. The second kappa shape index (κ2) is 9.21. The van der Waals surface area contributed by atoms with E-state index < -0.39 is 10.0 Å². The largest absolute Gasteiger partial charge is 0.468 e. The van der Waals surface area contributed by atoms with Gasteiger partial charge in [-0.1, -0.05) is 0 Å². The highest BCUT2D eigenvalue weighted by Gasteiger charge is 2.29. The number of hydrogen-bond acceptors (Lipinski definition) is 5. The quantitative estimate of drug-likeness (QED) is 0.636. The van der Waals surface area contributed by atoms with Crippen LogP contribution in [0, 0.1) is 0 Å². The fourth-order valence-electron chi connectivity index (χ4n) is 4.14. The minimum Gasteiger partial charge on any atom is -0.468 e. The van der Waals surface area contributed by atoms with Crippen molar-refractivity contribution in [3.63, 3.8) is 0 Å². The van der Waals surface area contributed by atoms with Crippen molar-refractivity contribution in [1.29, 1.82) is 0 Å². The number of likely N-dealkylation sites (tertiary alicyclic amines) is 1. The molecule has 1 aromatic heterocycles. The van der Waals surface area contributed by atoms with Gasteiger partial charge in [0, 0.05) is 24.1 Å². The number of rotatable bonds is 7. The first kappa shape index (κ1) is 21.5. The third kappa shape index (κ3) is 4.49. The molecule has 0 aliphatic carbocycles. The second-order valence-corrected chi connectivity index (χ2v) is 10.5. The van der Waals surface area contributed by atoms with E-state index in [0.717, 1.165) is 44.5 Å². The Bertz CT molecular complexity index is 982. The first-order valence-electron chi connectivity index (χ1n) is 10.3. The van der Waals surface area contributed by atoms with E-state index in [1.807, 2.05) is 12.1 Å². The molecule has 0 saturated carbocycles. The summed E-state index contributed by atoms with van der Waals surface area (Å²) < 4.78 is 33.4. The number of sulfonamides is 1. The molecule has 3 heterocycles. The van der Waals surface area contributed by atoms with Crippen molar-refractivity contribution in [1.82, 2.24) is 14.5 Å². The summed E-state index contributed by atoms with van der Waals surface area (Å²) in [6.45, 7) is 3.38. The molecular formula is C21H26BrN3O4S. The van der Waals surface area contributed by atoms with E-state index in [9.17, 15) is 13.2 Å². The molecule has 2 saturated heterocycles. The van der Waals surface area contributed by atoms with E-state index in [1.165, 1.54) is 10.4 Å². The zero-order valence-corrected chi connectivity index (χ0v) is 19.1. The van der Waals surface area contributed by atoms with Gasteiger partial charge in [0.1, 0.15) is 5.76 Å². The van der Waals surface area contributed by atoms with Crippen molar-refractivity contribution in [2.75, 3.05) is 32.7 Å². The number of benzene rings is 1. The van der Waals surface area contributed by atoms with Gasteiger partial charge in [0.05, 0.1) is 22.8 Å². The van der Waals surface area contributed by atoms with Gasteiger partial charge in [0.15, 0.2) is 0 Å². The first-order chi connectivity index (χ1) is 14.5. The maximum Gasteiger partial charge on any atom is 0.252 e. The van der Waals surface area contributed by atoms with E-state index in [0.29, 0.717) is 29.7 Å². The molecule has 2 fully saturated rings. The Morgan fingerprint density at radius 3 is 2.47 bits per heavy atom. The number of carbonyl (C=O) groups is 1. The zero-order chi connectivity index (χ0) is 21.1. The summed E-state index contributed by atoms with van der Waals surface area (Å²) in [5.74, 6) is 0.512. The van der Waals surface area contributed by atoms with Crippen molar-refractivity contribution in [2.45, 2.75) is 36.6 Å². The summed E-state index contributed by atoms with van der Waals surface area (Å²) >= 11 is 3.40.